The zero-order chi connectivity index (χ0) is 14.2. The molecule has 6 heteroatoms. The standard InChI is InChI=1S/C14H21ClN4O/c1-14(4-6-16-7-5-14)18-12-11(15)8-17-19(13(12)20)9-10-2-3-10/h8,10,16,18H,2-7,9H2,1H3. The zero-order valence-electron chi connectivity index (χ0n) is 11.8. The fourth-order valence-electron chi connectivity index (χ4n) is 2.66. The van der Waals surface area contributed by atoms with Crippen molar-refractivity contribution in [3.05, 3.63) is 21.6 Å². The van der Waals surface area contributed by atoms with Gasteiger partial charge >= 0.3 is 0 Å². The summed E-state index contributed by atoms with van der Waals surface area (Å²) in [7, 11) is 0. The van der Waals surface area contributed by atoms with E-state index in [0.29, 0.717) is 23.2 Å². The summed E-state index contributed by atoms with van der Waals surface area (Å²) in [6.07, 6.45) is 5.94. The lowest BCUT2D eigenvalue weighted by molar-refractivity contribution is 0.364. The molecular formula is C14H21ClN4O. The van der Waals surface area contributed by atoms with E-state index in [9.17, 15) is 4.79 Å². The molecule has 0 amide bonds. The van der Waals surface area contributed by atoms with Crippen molar-refractivity contribution < 1.29 is 0 Å². The van der Waals surface area contributed by atoms with Crippen molar-refractivity contribution in [1.82, 2.24) is 15.1 Å². The number of hydrogen-bond acceptors (Lipinski definition) is 4. The van der Waals surface area contributed by atoms with Gasteiger partial charge in [-0.1, -0.05) is 11.6 Å². The van der Waals surface area contributed by atoms with Gasteiger partial charge in [-0.15, -0.1) is 0 Å². The maximum atomic E-state index is 12.5. The molecule has 2 fully saturated rings. The number of anilines is 1. The van der Waals surface area contributed by atoms with Crippen molar-refractivity contribution in [3.8, 4) is 0 Å². The van der Waals surface area contributed by atoms with Gasteiger partial charge in [-0.25, -0.2) is 4.68 Å². The van der Waals surface area contributed by atoms with Gasteiger partial charge in [0.05, 0.1) is 11.2 Å². The van der Waals surface area contributed by atoms with Gasteiger partial charge in [-0.05, 0) is 51.6 Å². The fraction of sp³-hybridized carbons (Fsp3) is 0.714. The quantitative estimate of drug-likeness (QED) is 0.890. The molecule has 1 saturated carbocycles. The highest BCUT2D eigenvalue weighted by Crippen LogP contribution is 2.30. The summed E-state index contributed by atoms with van der Waals surface area (Å²) < 4.78 is 1.55. The smallest absolute Gasteiger partial charge is 0.291 e. The van der Waals surface area contributed by atoms with E-state index in [-0.39, 0.29) is 11.1 Å². The predicted molar refractivity (Wildman–Crippen MR) is 80.4 cm³/mol. The van der Waals surface area contributed by atoms with E-state index < -0.39 is 0 Å². The van der Waals surface area contributed by atoms with Gasteiger partial charge in [0, 0.05) is 12.1 Å². The molecule has 0 radical (unpaired) electrons. The van der Waals surface area contributed by atoms with E-state index in [4.69, 9.17) is 11.6 Å². The third-order valence-corrected chi connectivity index (χ3v) is 4.55. The van der Waals surface area contributed by atoms with Gasteiger partial charge in [0.25, 0.3) is 5.56 Å². The van der Waals surface area contributed by atoms with Crippen molar-refractivity contribution >= 4 is 17.3 Å². The molecule has 3 rings (SSSR count). The van der Waals surface area contributed by atoms with Crippen LogP contribution in [0.2, 0.25) is 5.02 Å². The van der Waals surface area contributed by atoms with Crippen LogP contribution in [-0.2, 0) is 6.54 Å². The Bertz CT molecular complexity index is 547. The average Bonchev–Trinajstić information content (AvgIpc) is 3.23. The maximum absolute atomic E-state index is 12.5. The summed E-state index contributed by atoms with van der Waals surface area (Å²) in [6.45, 7) is 4.78. The first kappa shape index (κ1) is 13.9. The van der Waals surface area contributed by atoms with Crippen LogP contribution in [0.4, 0.5) is 5.69 Å². The van der Waals surface area contributed by atoms with Crippen LogP contribution in [0.5, 0.6) is 0 Å². The Morgan fingerprint density at radius 3 is 2.85 bits per heavy atom. The minimum absolute atomic E-state index is 0.0766. The molecule has 2 N–H and O–H groups in total. The van der Waals surface area contributed by atoms with E-state index in [1.165, 1.54) is 12.8 Å². The molecule has 2 aliphatic rings. The largest absolute Gasteiger partial charge is 0.374 e. The molecule has 2 heterocycles. The molecule has 5 nitrogen and oxygen atoms in total. The Kier molecular flexibility index (Phi) is 3.73. The van der Waals surface area contributed by atoms with Crippen LogP contribution in [0.25, 0.3) is 0 Å². The molecule has 1 aliphatic heterocycles. The van der Waals surface area contributed by atoms with Crippen LogP contribution < -0.4 is 16.2 Å². The van der Waals surface area contributed by atoms with Crippen LogP contribution in [0, 0.1) is 5.92 Å². The Hall–Kier alpha value is -1.07. The van der Waals surface area contributed by atoms with Gasteiger partial charge in [-0.3, -0.25) is 4.79 Å². The molecular weight excluding hydrogens is 276 g/mol. The van der Waals surface area contributed by atoms with E-state index >= 15 is 0 Å². The lowest BCUT2D eigenvalue weighted by Crippen LogP contribution is -2.46. The summed E-state index contributed by atoms with van der Waals surface area (Å²) in [5.41, 5.74) is 0.336. The lowest BCUT2D eigenvalue weighted by atomic mass is 9.90. The summed E-state index contributed by atoms with van der Waals surface area (Å²) in [5, 5.41) is 11.3. The minimum atomic E-state index is -0.0934. The van der Waals surface area contributed by atoms with Crippen molar-refractivity contribution in [3.63, 3.8) is 0 Å². The monoisotopic (exact) mass is 296 g/mol. The second-order valence-corrected chi connectivity index (χ2v) is 6.64. The molecule has 110 valence electrons. The number of nitrogens with one attached hydrogen (secondary N) is 2. The molecule has 0 atom stereocenters. The molecule has 0 aromatic carbocycles. The topological polar surface area (TPSA) is 59.0 Å². The molecule has 20 heavy (non-hydrogen) atoms. The first-order chi connectivity index (χ1) is 9.57. The first-order valence-corrected chi connectivity index (χ1v) is 7.70. The predicted octanol–water partition coefficient (Wildman–Crippen LogP) is 1.86. The molecule has 1 saturated heterocycles. The van der Waals surface area contributed by atoms with Crippen LogP contribution in [0.1, 0.15) is 32.6 Å². The first-order valence-electron chi connectivity index (χ1n) is 7.32. The Labute approximate surface area is 123 Å². The maximum Gasteiger partial charge on any atom is 0.291 e. The molecule has 1 aromatic rings. The summed E-state index contributed by atoms with van der Waals surface area (Å²) >= 11 is 6.18. The van der Waals surface area contributed by atoms with Crippen LogP contribution in [-0.4, -0.2) is 28.4 Å². The van der Waals surface area contributed by atoms with Gasteiger partial charge in [-0.2, -0.15) is 5.10 Å². The number of rotatable bonds is 4. The molecule has 0 unspecified atom stereocenters. The number of halogens is 1. The van der Waals surface area contributed by atoms with Crippen LogP contribution in [0.15, 0.2) is 11.0 Å². The number of hydrogen-bond donors (Lipinski definition) is 2. The van der Waals surface area contributed by atoms with Crippen molar-refractivity contribution in [2.45, 2.75) is 44.7 Å². The van der Waals surface area contributed by atoms with E-state index in [2.05, 4.69) is 22.7 Å². The average molecular weight is 297 g/mol. The van der Waals surface area contributed by atoms with Crippen molar-refractivity contribution in [1.29, 1.82) is 0 Å². The van der Waals surface area contributed by atoms with Crippen LogP contribution >= 0.6 is 11.6 Å². The third-order valence-electron chi connectivity index (χ3n) is 4.26. The molecule has 1 aliphatic carbocycles. The summed E-state index contributed by atoms with van der Waals surface area (Å²) in [4.78, 5) is 12.5. The van der Waals surface area contributed by atoms with Gasteiger partial charge in [0.1, 0.15) is 5.69 Å². The van der Waals surface area contributed by atoms with Crippen molar-refractivity contribution in [2.24, 2.45) is 5.92 Å². The van der Waals surface area contributed by atoms with E-state index in [0.717, 1.165) is 25.9 Å². The van der Waals surface area contributed by atoms with Gasteiger partial charge < -0.3 is 10.6 Å². The Balaban J connectivity index is 1.85. The third kappa shape index (κ3) is 2.99. The van der Waals surface area contributed by atoms with Gasteiger partial charge in [0.15, 0.2) is 0 Å². The Morgan fingerprint density at radius 1 is 1.50 bits per heavy atom. The minimum Gasteiger partial charge on any atom is -0.374 e. The Morgan fingerprint density at radius 2 is 2.20 bits per heavy atom. The molecule has 1 aromatic heterocycles. The highest BCUT2D eigenvalue weighted by molar-refractivity contribution is 6.33. The highest BCUT2D eigenvalue weighted by Gasteiger charge is 2.29. The van der Waals surface area contributed by atoms with Crippen LogP contribution in [0.3, 0.4) is 0 Å². The second kappa shape index (κ2) is 5.37. The number of nitrogens with zero attached hydrogens (tertiary/aromatic N) is 2. The summed E-state index contributed by atoms with van der Waals surface area (Å²) in [6, 6.07) is 0. The fourth-order valence-corrected chi connectivity index (χ4v) is 2.83. The zero-order valence-corrected chi connectivity index (χ0v) is 12.5. The van der Waals surface area contributed by atoms with E-state index in [1.54, 1.807) is 10.9 Å². The summed E-state index contributed by atoms with van der Waals surface area (Å²) in [5.74, 6) is 0.615. The number of aromatic nitrogens is 2. The number of piperidine rings is 1. The second-order valence-electron chi connectivity index (χ2n) is 6.23. The van der Waals surface area contributed by atoms with Crippen molar-refractivity contribution in [2.75, 3.05) is 18.4 Å². The van der Waals surface area contributed by atoms with Gasteiger partial charge in [0.2, 0.25) is 0 Å². The molecule has 0 spiro atoms. The highest BCUT2D eigenvalue weighted by atomic mass is 35.5. The molecule has 0 bridgehead atoms. The normalized spacial score (nSPS) is 21.7. The lowest BCUT2D eigenvalue weighted by Gasteiger charge is -2.35. The van der Waals surface area contributed by atoms with E-state index in [1.807, 2.05) is 0 Å². The SMILES string of the molecule is CC1(Nc2c(Cl)cnn(CC3CC3)c2=O)CCNCC1.